The second-order valence-corrected chi connectivity index (χ2v) is 5.53. The molecule has 2 aromatic carbocycles. The van der Waals surface area contributed by atoms with Crippen LogP contribution in [0.1, 0.15) is 5.56 Å². The minimum absolute atomic E-state index is 0.100. The fourth-order valence-corrected chi connectivity index (χ4v) is 2.67. The summed E-state index contributed by atoms with van der Waals surface area (Å²) < 4.78 is 31.3. The van der Waals surface area contributed by atoms with Gasteiger partial charge in [-0.3, -0.25) is 4.98 Å². The number of rotatable bonds is 2. The summed E-state index contributed by atoms with van der Waals surface area (Å²) in [5.41, 5.74) is 7.53. The van der Waals surface area contributed by atoms with Crippen LogP contribution in [0.4, 0.5) is 10.1 Å². The SMILES string of the molecule is Cc1cc(Oc2ccnc3ccc4c(c23)OCCO4)c(F)cc1N. The van der Waals surface area contributed by atoms with E-state index in [1.165, 1.54) is 6.07 Å². The number of ether oxygens (including phenoxy) is 3. The number of nitrogens with two attached hydrogens (primary N) is 1. The molecule has 122 valence electrons. The normalized spacial score (nSPS) is 13.1. The zero-order chi connectivity index (χ0) is 16.7. The summed E-state index contributed by atoms with van der Waals surface area (Å²) in [6.45, 7) is 2.72. The molecule has 1 aromatic heterocycles. The summed E-state index contributed by atoms with van der Waals surface area (Å²) >= 11 is 0. The Morgan fingerprint density at radius 1 is 1.12 bits per heavy atom. The lowest BCUT2D eigenvalue weighted by Crippen LogP contribution is -2.15. The van der Waals surface area contributed by atoms with Crippen LogP contribution in [0.5, 0.6) is 23.0 Å². The highest BCUT2D eigenvalue weighted by molar-refractivity contribution is 5.93. The lowest BCUT2D eigenvalue weighted by molar-refractivity contribution is 0.173. The summed E-state index contributed by atoms with van der Waals surface area (Å²) in [6.07, 6.45) is 1.61. The Kier molecular flexibility index (Phi) is 3.37. The Morgan fingerprint density at radius 2 is 1.96 bits per heavy atom. The van der Waals surface area contributed by atoms with Gasteiger partial charge in [-0.25, -0.2) is 4.39 Å². The molecule has 1 aliphatic heterocycles. The molecule has 0 unspecified atom stereocenters. The molecule has 0 saturated carbocycles. The number of benzene rings is 2. The zero-order valence-electron chi connectivity index (χ0n) is 13.0. The van der Waals surface area contributed by atoms with Crippen LogP contribution >= 0.6 is 0 Å². The van der Waals surface area contributed by atoms with Crippen LogP contribution in [-0.4, -0.2) is 18.2 Å². The number of aryl methyl sites for hydroxylation is 1. The molecule has 0 saturated heterocycles. The van der Waals surface area contributed by atoms with E-state index in [1.807, 2.05) is 12.1 Å². The number of hydrogen-bond acceptors (Lipinski definition) is 5. The molecule has 24 heavy (non-hydrogen) atoms. The number of nitrogens with zero attached hydrogens (tertiary/aromatic N) is 1. The largest absolute Gasteiger partial charge is 0.486 e. The summed E-state index contributed by atoms with van der Waals surface area (Å²) in [5.74, 6) is 1.22. The summed E-state index contributed by atoms with van der Waals surface area (Å²) in [6, 6.07) is 8.13. The van der Waals surface area contributed by atoms with Gasteiger partial charge in [0.2, 0.25) is 0 Å². The number of fused-ring (bicyclic) bond motifs is 3. The van der Waals surface area contributed by atoms with Gasteiger partial charge < -0.3 is 19.9 Å². The fraction of sp³-hybridized carbons (Fsp3) is 0.167. The highest BCUT2D eigenvalue weighted by atomic mass is 19.1. The fourth-order valence-electron chi connectivity index (χ4n) is 2.67. The van der Waals surface area contributed by atoms with Crippen LogP contribution in [0.25, 0.3) is 10.9 Å². The van der Waals surface area contributed by atoms with Gasteiger partial charge >= 0.3 is 0 Å². The van der Waals surface area contributed by atoms with Crippen molar-refractivity contribution in [3.8, 4) is 23.0 Å². The summed E-state index contributed by atoms with van der Waals surface area (Å²) in [4.78, 5) is 4.32. The molecule has 0 fully saturated rings. The zero-order valence-corrected chi connectivity index (χ0v) is 13.0. The molecule has 2 heterocycles. The Bertz CT molecular complexity index is 943. The molecule has 0 radical (unpaired) electrons. The van der Waals surface area contributed by atoms with Crippen LogP contribution in [0, 0.1) is 12.7 Å². The lowest BCUT2D eigenvalue weighted by atomic mass is 10.1. The average Bonchev–Trinajstić information content (AvgIpc) is 2.59. The molecular formula is C18H15FN2O3. The van der Waals surface area contributed by atoms with Gasteiger partial charge in [0.1, 0.15) is 19.0 Å². The van der Waals surface area contributed by atoms with E-state index >= 15 is 0 Å². The monoisotopic (exact) mass is 326 g/mol. The van der Waals surface area contributed by atoms with Crippen molar-refractivity contribution in [3.05, 3.63) is 47.9 Å². The number of nitrogen functional groups attached to an aromatic ring is 1. The average molecular weight is 326 g/mol. The van der Waals surface area contributed by atoms with Gasteiger partial charge in [-0.1, -0.05) is 0 Å². The third-order valence-electron chi connectivity index (χ3n) is 3.91. The molecule has 3 aromatic rings. The first kappa shape index (κ1) is 14.6. The van der Waals surface area contributed by atoms with Crippen LogP contribution in [0.3, 0.4) is 0 Å². The second kappa shape index (κ2) is 5.56. The summed E-state index contributed by atoms with van der Waals surface area (Å²) in [5, 5.41) is 0.656. The van der Waals surface area contributed by atoms with Crippen LogP contribution in [0.2, 0.25) is 0 Å². The molecule has 1 aliphatic rings. The standard InChI is InChI=1S/C18H15FN2O3/c1-10-8-16(11(19)9-12(10)20)24-14-4-5-21-13-2-3-15-18(17(13)14)23-7-6-22-15/h2-5,8-9H,6-7,20H2,1H3. The Hall–Kier alpha value is -3.02. The van der Waals surface area contributed by atoms with Gasteiger partial charge in [-0.2, -0.15) is 0 Å². The molecule has 5 nitrogen and oxygen atoms in total. The van der Waals surface area contributed by atoms with Gasteiger partial charge in [0.15, 0.2) is 23.1 Å². The quantitative estimate of drug-likeness (QED) is 0.725. The summed E-state index contributed by atoms with van der Waals surface area (Å²) in [7, 11) is 0. The van der Waals surface area contributed by atoms with Crippen molar-refractivity contribution in [2.75, 3.05) is 18.9 Å². The van der Waals surface area contributed by atoms with Crippen LogP contribution in [-0.2, 0) is 0 Å². The van der Waals surface area contributed by atoms with Gasteiger partial charge in [0.05, 0.1) is 10.9 Å². The van der Waals surface area contributed by atoms with E-state index in [-0.39, 0.29) is 5.75 Å². The van der Waals surface area contributed by atoms with Crippen molar-refractivity contribution in [1.29, 1.82) is 0 Å². The number of hydrogen-bond donors (Lipinski definition) is 1. The topological polar surface area (TPSA) is 66.6 Å². The van der Waals surface area contributed by atoms with Gasteiger partial charge in [0, 0.05) is 18.0 Å². The van der Waals surface area contributed by atoms with Crippen molar-refractivity contribution in [2.24, 2.45) is 0 Å². The maximum absolute atomic E-state index is 14.2. The highest BCUT2D eigenvalue weighted by Gasteiger charge is 2.20. The maximum Gasteiger partial charge on any atom is 0.174 e. The third kappa shape index (κ3) is 2.36. The minimum Gasteiger partial charge on any atom is -0.486 e. The molecule has 0 amide bonds. The molecule has 0 spiro atoms. The lowest BCUT2D eigenvalue weighted by Gasteiger charge is -2.21. The third-order valence-corrected chi connectivity index (χ3v) is 3.91. The van der Waals surface area contributed by atoms with Crippen LogP contribution in [0.15, 0.2) is 36.5 Å². The number of halogens is 1. The molecule has 0 aliphatic carbocycles. The van der Waals surface area contributed by atoms with Crippen molar-refractivity contribution >= 4 is 16.6 Å². The van der Waals surface area contributed by atoms with E-state index < -0.39 is 5.82 Å². The molecule has 2 N–H and O–H groups in total. The first-order valence-electron chi connectivity index (χ1n) is 7.54. The molecular weight excluding hydrogens is 311 g/mol. The Labute approximate surface area is 137 Å². The number of pyridine rings is 1. The van der Waals surface area contributed by atoms with Crippen molar-refractivity contribution in [2.45, 2.75) is 6.92 Å². The smallest absolute Gasteiger partial charge is 0.174 e. The molecule has 0 atom stereocenters. The first-order chi connectivity index (χ1) is 11.6. The van der Waals surface area contributed by atoms with E-state index in [0.29, 0.717) is 47.1 Å². The predicted molar refractivity (Wildman–Crippen MR) is 88.4 cm³/mol. The van der Waals surface area contributed by atoms with Crippen molar-refractivity contribution < 1.29 is 18.6 Å². The van der Waals surface area contributed by atoms with Gasteiger partial charge in [-0.05, 0) is 36.8 Å². The first-order valence-corrected chi connectivity index (χ1v) is 7.54. The van der Waals surface area contributed by atoms with E-state index in [4.69, 9.17) is 19.9 Å². The Balaban J connectivity index is 1.87. The molecule has 6 heteroatoms. The van der Waals surface area contributed by atoms with E-state index in [1.54, 1.807) is 25.3 Å². The second-order valence-electron chi connectivity index (χ2n) is 5.53. The minimum atomic E-state index is -0.523. The maximum atomic E-state index is 14.2. The van der Waals surface area contributed by atoms with Gasteiger partial charge in [0.25, 0.3) is 0 Å². The van der Waals surface area contributed by atoms with Crippen LogP contribution < -0.4 is 19.9 Å². The predicted octanol–water partition coefficient (Wildman–Crippen LogP) is 3.83. The molecule has 0 bridgehead atoms. The van der Waals surface area contributed by atoms with Gasteiger partial charge in [-0.15, -0.1) is 0 Å². The Morgan fingerprint density at radius 3 is 2.83 bits per heavy atom. The highest BCUT2D eigenvalue weighted by Crippen LogP contribution is 2.43. The number of anilines is 1. The van der Waals surface area contributed by atoms with E-state index in [0.717, 1.165) is 5.56 Å². The number of aromatic nitrogens is 1. The van der Waals surface area contributed by atoms with E-state index in [2.05, 4.69) is 4.98 Å². The van der Waals surface area contributed by atoms with Crippen molar-refractivity contribution in [1.82, 2.24) is 4.98 Å². The van der Waals surface area contributed by atoms with E-state index in [9.17, 15) is 4.39 Å². The van der Waals surface area contributed by atoms with Crippen molar-refractivity contribution in [3.63, 3.8) is 0 Å². The molecule has 4 rings (SSSR count).